The molecule has 0 atom stereocenters. The zero-order valence-electron chi connectivity index (χ0n) is 12.5. The van der Waals surface area contributed by atoms with Crippen molar-refractivity contribution in [3.63, 3.8) is 0 Å². The van der Waals surface area contributed by atoms with E-state index in [1.807, 2.05) is 13.8 Å². The molecule has 1 aliphatic heterocycles. The van der Waals surface area contributed by atoms with Crippen LogP contribution in [0.3, 0.4) is 0 Å². The van der Waals surface area contributed by atoms with Crippen LogP contribution in [-0.4, -0.2) is 65.9 Å². The number of anilines is 1. The van der Waals surface area contributed by atoms with Gasteiger partial charge in [-0.25, -0.2) is 17.9 Å². The third kappa shape index (κ3) is 3.73. The van der Waals surface area contributed by atoms with E-state index in [-0.39, 0.29) is 12.1 Å². The van der Waals surface area contributed by atoms with Gasteiger partial charge in [0.05, 0.1) is 12.5 Å². The van der Waals surface area contributed by atoms with Crippen LogP contribution in [0.1, 0.15) is 19.9 Å². The van der Waals surface area contributed by atoms with Crippen molar-refractivity contribution in [1.29, 1.82) is 0 Å². The molecule has 1 aromatic rings. The van der Waals surface area contributed by atoms with Gasteiger partial charge in [-0.2, -0.15) is 9.40 Å². The maximum atomic E-state index is 12.2. The van der Waals surface area contributed by atoms with Crippen LogP contribution in [-0.2, 0) is 10.0 Å². The van der Waals surface area contributed by atoms with Crippen molar-refractivity contribution in [1.82, 2.24) is 19.0 Å². The first-order valence-corrected chi connectivity index (χ1v) is 8.68. The molecule has 1 aliphatic rings. The molecule has 1 saturated heterocycles. The van der Waals surface area contributed by atoms with Gasteiger partial charge in [-0.3, -0.25) is 5.32 Å². The molecule has 1 N–H and O–H groups in total. The van der Waals surface area contributed by atoms with Crippen LogP contribution in [0, 0.1) is 0 Å². The molecule has 2 heterocycles. The molecule has 2 amide bonds. The van der Waals surface area contributed by atoms with Crippen molar-refractivity contribution in [2.24, 2.45) is 0 Å². The molecule has 0 saturated carbocycles. The fourth-order valence-electron chi connectivity index (χ4n) is 2.24. The molecule has 0 radical (unpaired) electrons. The summed E-state index contributed by atoms with van der Waals surface area (Å²) in [7, 11) is -3.18. The third-order valence-corrected chi connectivity index (χ3v) is 4.69. The molecule has 0 aromatic carbocycles. The number of rotatable bonds is 3. The highest BCUT2D eigenvalue weighted by Crippen LogP contribution is 2.14. The minimum Gasteiger partial charge on any atom is -0.322 e. The first kappa shape index (κ1) is 15.8. The first-order chi connectivity index (χ1) is 9.79. The average molecular weight is 315 g/mol. The van der Waals surface area contributed by atoms with E-state index in [0.717, 1.165) is 0 Å². The smallest absolute Gasteiger partial charge is 0.322 e. The van der Waals surface area contributed by atoms with Crippen molar-refractivity contribution in [3.05, 3.63) is 12.3 Å². The van der Waals surface area contributed by atoms with Gasteiger partial charge in [-0.1, -0.05) is 0 Å². The number of piperazine rings is 1. The van der Waals surface area contributed by atoms with Gasteiger partial charge >= 0.3 is 6.03 Å². The predicted octanol–water partition coefficient (Wildman–Crippen LogP) is 0.573. The Kier molecular flexibility index (Phi) is 4.52. The summed E-state index contributed by atoms with van der Waals surface area (Å²) in [6.07, 6.45) is 2.82. The summed E-state index contributed by atoms with van der Waals surface area (Å²) >= 11 is 0. The van der Waals surface area contributed by atoms with E-state index in [4.69, 9.17) is 0 Å². The molecular weight excluding hydrogens is 294 g/mol. The van der Waals surface area contributed by atoms with Crippen LogP contribution in [0.4, 0.5) is 10.6 Å². The number of hydrogen-bond donors (Lipinski definition) is 1. The third-order valence-electron chi connectivity index (χ3n) is 3.39. The van der Waals surface area contributed by atoms with Crippen molar-refractivity contribution >= 4 is 21.9 Å². The van der Waals surface area contributed by atoms with E-state index >= 15 is 0 Å². The number of urea groups is 1. The molecule has 1 aromatic heterocycles. The van der Waals surface area contributed by atoms with E-state index in [1.165, 1.54) is 10.6 Å². The molecule has 8 nitrogen and oxygen atoms in total. The summed E-state index contributed by atoms with van der Waals surface area (Å²) in [6, 6.07) is 1.66. The first-order valence-electron chi connectivity index (χ1n) is 6.83. The van der Waals surface area contributed by atoms with E-state index in [9.17, 15) is 13.2 Å². The van der Waals surface area contributed by atoms with Gasteiger partial charge in [-0.05, 0) is 13.8 Å². The number of nitrogens with zero attached hydrogens (tertiary/aromatic N) is 4. The van der Waals surface area contributed by atoms with Gasteiger partial charge in [0.1, 0.15) is 5.82 Å². The van der Waals surface area contributed by atoms with Crippen LogP contribution < -0.4 is 5.32 Å². The van der Waals surface area contributed by atoms with Gasteiger partial charge in [0.15, 0.2) is 0 Å². The Morgan fingerprint density at radius 1 is 1.29 bits per heavy atom. The Labute approximate surface area is 124 Å². The van der Waals surface area contributed by atoms with Gasteiger partial charge in [0.2, 0.25) is 10.0 Å². The Hall–Kier alpha value is -1.61. The van der Waals surface area contributed by atoms with Gasteiger partial charge in [0.25, 0.3) is 0 Å². The lowest BCUT2D eigenvalue weighted by atomic mass is 10.4. The summed E-state index contributed by atoms with van der Waals surface area (Å²) in [5.41, 5.74) is 0. The predicted molar refractivity (Wildman–Crippen MR) is 79.6 cm³/mol. The molecule has 0 bridgehead atoms. The highest BCUT2D eigenvalue weighted by Gasteiger charge is 2.26. The summed E-state index contributed by atoms with van der Waals surface area (Å²) in [5.74, 6) is 0.639. The van der Waals surface area contributed by atoms with E-state index in [2.05, 4.69) is 10.4 Å². The number of carbonyl (C=O) groups is 1. The van der Waals surface area contributed by atoms with Gasteiger partial charge < -0.3 is 4.90 Å². The Balaban J connectivity index is 1.95. The molecule has 9 heteroatoms. The molecular formula is C12H21N5O3S. The summed E-state index contributed by atoms with van der Waals surface area (Å²) in [6.45, 7) is 5.38. The zero-order chi connectivity index (χ0) is 15.6. The number of nitrogens with one attached hydrogen (secondary N) is 1. The minimum atomic E-state index is -3.18. The van der Waals surface area contributed by atoms with Crippen molar-refractivity contribution < 1.29 is 13.2 Å². The van der Waals surface area contributed by atoms with Crippen LogP contribution in [0.15, 0.2) is 12.3 Å². The number of carbonyl (C=O) groups excluding carboxylic acids is 1. The highest BCUT2D eigenvalue weighted by molar-refractivity contribution is 7.88. The van der Waals surface area contributed by atoms with E-state index in [1.54, 1.807) is 21.8 Å². The number of hydrogen-bond acceptors (Lipinski definition) is 4. The SMILES string of the molecule is CC(C)n1nccc1NC(=O)N1CCN(S(C)(=O)=O)CC1. The van der Waals surface area contributed by atoms with Crippen molar-refractivity contribution in [2.75, 3.05) is 37.8 Å². The standard InChI is InChI=1S/C12H21N5O3S/c1-10(2)17-11(4-5-13-17)14-12(18)15-6-8-16(9-7-15)21(3,19)20/h4-5,10H,6-9H2,1-3H3,(H,14,18). The fraction of sp³-hybridized carbons (Fsp3) is 0.667. The quantitative estimate of drug-likeness (QED) is 0.883. The lowest BCUT2D eigenvalue weighted by Crippen LogP contribution is -2.51. The molecule has 2 rings (SSSR count). The Bertz CT molecular complexity index is 602. The number of amides is 2. The molecule has 0 spiro atoms. The second-order valence-corrected chi connectivity index (χ2v) is 7.32. The molecule has 1 fully saturated rings. The maximum Gasteiger partial charge on any atom is 0.323 e. The van der Waals surface area contributed by atoms with Crippen LogP contribution in [0.25, 0.3) is 0 Å². The number of sulfonamides is 1. The summed E-state index contributed by atoms with van der Waals surface area (Å²) in [4.78, 5) is 13.8. The monoisotopic (exact) mass is 315 g/mol. The largest absolute Gasteiger partial charge is 0.323 e. The number of aromatic nitrogens is 2. The fourth-order valence-corrected chi connectivity index (χ4v) is 3.06. The summed E-state index contributed by atoms with van der Waals surface area (Å²) < 4.78 is 26.0. The van der Waals surface area contributed by atoms with Gasteiger partial charge in [-0.15, -0.1) is 0 Å². The lowest BCUT2D eigenvalue weighted by molar-refractivity contribution is 0.184. The molecule has 118 valence electrons. The van der Waals surface area contributed by atoms with Gasteiger partial charge in [0, 0.05) is 38.3 Å². The van der Waals surface area contributed by atoms with E-state index in [0.29, 0.717) is 32.0 Å². The topological polar surface area (TPSA) is 87.5 Å². The summed E-state index contributed by atoms with van der Waals surface area (Å²) in [5, 5.41) is 6.97. The second kappa shape index (κ2) is 6.02. The van der Waals surface area contributed by atoms with Crippen molar-refractivity contribution in [2.45, 2.75) is 19.9 Å². The Morgan fingerprint density at radius 2 is 1.90 bits per heavy atom. The molecule has 0 aliphatic carbocycles. The second-order valence-electron chi connectivity index (χ2n) is 5.33. The lowest BCUT2D eigenvalue weighted by Gasteiger charge is -2.33. The van der Waals surface area contributed by atoms with Crippen LogP contribution >= 0.6 is 0 Å². The maximum absolute atomic E-state index is 12.2. The van der Waals surface area contributed by atoms with E-state index < -0.39 is 10.0 Å². The van der Waals surface area contributed by atoms with Crippen LogP contribution in [0.2, 0.25) is 0 Å². The Morgan fingerprint density at radius 3 is 2.43 bits per heavy atom. The average Bonchev–Trinajstić information content (AvgIpc) is 2.86. The normalized spacial score (nSPS) is 17.2. The minimum absolute atomic E-state index is 0.150. The highest BCUT2D eigenvalue weighted by atomic mass is 32.2. The molecule has 21 heavy (non-hydrogen) atoms. The molecule has 0 unspecified atom stereocenters. The van der Waals surface area contributed by atoms with Crippen molar-refractivity contribution in [3.8, 4) is 0 Å². The van der Waals surface area contributed by atoms with Crippen LogP contribution in [0.5, 0.6) is 0 Å². The zero-order valence-corrected chi connectivity index (χ0v) is 13.3.